The van der Waals surface area contributed by atoms with E-state index in [-0.39, 0.29) is 46.4 Å². The lowest BCUT2D eigenvalue weighted by Crippen LogP contribution is -2.22. The predicted octanol–water partition coefficient (Wildman–Crippen LogP) is 22.0. The first-order valence-corrected chi connectivity index (χ1v) is 37.3. The maximum atomic E-state index is 13.5. The minimum atomic E-state index is -0.615. The molecule has 8 aliphatic carbocycles. The van der Waals surface area contributed by atoms with Crippen LogP contribution in [0.5, 0.6) is 0 Å². The maximum absolute atomic E-state index is 13.5. The summed E-state index contributed by atoms with van der Waals surface area (Å²) >= 11 is 0. The Morgan fingerprint density at radius 3 is 0.891 bits per heavy atom. The fraction of sp³-hybridized carbons (Fsp3) is 0.0874. The molecule has 0 aromatic heterocycles. The number of ether oxygens (including phenoxy) is 1. The van der Waals surface area contributed by atoms with Gasteiger partial charge in [-0.15, -0.1) is 0 Å². The minimum Gasteiger partial charge on any atom is -0.465 e. The third kappa shape index (κ3) is 12.2. The van der Waals surface area contributed by atoms with Crippen LogP contribution in [0.2, 0.25) is 0 Å². The van der Waals surface area contributed by atoms with Crippen molar-refractivity contribution in [1.29, 1.82) is 15.8 Å². The van der Waals surface area contributed by atoms with E-state index < -0.39 is 5.97 Å². The van der Waals surface area contributed by atoms with Crippen molar-refractivity contribution in [2.24, 2.45) is 0 Å². The molecule has 0 aliphatic heterocycles. The minimum absolute atomic E-state index is 0.0811. The van der Waals surface area contributed by atoms with Gasteiger partial charge in [0.15, 0.2) is 0 Å². The zero-order chi connectivity index (χ0) is 74.8. The molecule has 20 rings (SSSR count). The first kappa shape index (κ1) is 68.9. The second-order valence-corrected chi connectivity index (χ2v) is 28.3. The molecule has 0 amide bonds. The first-order chi connectivity index (χ1) is 54.3. The Balaban J connectivity index is 0.000000107. The molecule has 0 spiro atoms. The van der Waals surface area contributed by atoms with Crippen LogP contribution >= 0.6 is 0 Å². The van der Waals surface area contributed by atoms with Crippen LogP contribution in [0.4, 0.5) is 0 Å². The lowest BCUT2D eigenvalue weighted by atomic mass is 9.70. The Morgan fingerprint density at radius 1 is 0.291 bits per heavy atom. The van der Waals surface area contributed by atoms with Crippen LogP contribution in [0.1, 0.15) is 167 Å². The van der Waals surface area contributed by atoms with Gasteiger partial charge in [0, 0.05) is 57.1 Å². The van der Waals surface area contributed by atoms with Gasteiger partial charge in [-0.25, -0.2) is 4.79 Å². The van der Waals surface area contributed by atoms with Gasteiger partial charge >= 0.3 is 5.97 Å². The zero-order valence-electron chi connectivity index (χ0n) is 60.4. The van der Waals surface area contributed by atoms with Crippen molar-refractivity contribution < 1.29 is 19.1 Å². The standard InChI is InChI=1S/C27H20O3.C26H17NO.2C25H17N/c1-30-27(29)25(26(28)18-9-3-2-4-10-18)24-21-14-6-5-13-19(21)20-15-7-11-17-12-8-16-22(24)23(17)20;27-16-23(26(28)18-8-2-1-3-9-18)25-21-13-5-4-12-19(21)20-14-6-10-17-11-7-15-22(25)24(17)20;2*26-16-23(17-8-2-1-3-9-17)25-21-13-5-4-12-19(21)20-14-6-10-18-11-7-15-22(25)24(18)20/h2-10,12-16,20H,11H2,1H3;1-9,11-15,20H,10H2;2*1-9,11-15,20H,10H2/b25-24+;3*25-23-. The third-order valence-corrected chi connectivity index (χ3v) is 22.4. The number of allylic oxidation sites excluding steroid dienone is 11. The van der Waals surface area contributed by atoms with E-state index in [1.54, 1.807) is 36.4 Å². The number of nitriles is 3. The van der Waals surface area contributed by atoms with E-state index in [1.165, 1.54) is 85.0 Å². The Labute approximate surface area is 641 Å². The van der Waals surface area contributed by atoms with Crippen LogP contribution in [0.3, 0.4) is 0 Å². The molecular formula is C103H71N3O4. The molecule has 4 unspecified atom stereocenters. The number of nitrogens with zero attached hydrogens (tertiary/aromatic N) is 3. The topological polar surface area (TPSA) is 132 Å². The molecule has 0 radical (unpaired) electrons. The van der Waals surface area contributed by atoms with Crippen LogP contribution in [-0.2, 0) is 35.2 Å². The van der Waals surface area contributed by atoms with Crippen molar-refractivity contribution in [3.8, 4) is 18.2 Å². The van der Waals surface area contributed by atoms with E-state index in [1.807, 2.05) is 146 Å². The van der Waals surface area contributed by atoms with Crippen LogP contribution in [0, 0.1) is 34.0 Å². The van der Waals surface area contributed by atoms with E-state index >= 15 is 0 Å². The highest BCUT2D eigenvalue weighted by Gasteiger charge is 2.39. The summed E-state index contributed by atoms with van der Waals surface area (Å²) in [6, 6.07) is 104. The van der Waals surface area contributed by atoms with Gasteiger partial charge in [-0.2, -0.15) is 15.8 Å². The largest absolute Gasteiger partial charge is 0.465 e. The number of esters is 1. The average Bonchev–Trinajstić information content (AvgIpc) is 0.747. The number of carbonyl (C=O) groups excluding carboxylic acids is 3. The molecule has 0 N–H and O–H groups in total. The van der Waals surface area contributed by atoms with Crippen LogP contribution in [-0.4, -0.2) is 24.6 Å². The molecule has 0 saturated heterocycles. The maximum Gasteiger partial charge on any atom is 0.342 e. The van der Waals surface area contributed by atoms with E-state index in [0.29, 0.717) is 16.7 Å². The summed E-state index contributed by atoms with van der Waals surface area (Å²) in [5.74, 6) is -0.306. The van der Waals surface area contributed by atoms with Crippen molar-refractivity contribution in [3.63, 3.8) is 0 Å². The van der Waals surface area contributed by atoms with Crippen LogP contribution < -0.4 is 0 Å². The molecule has 0 fully saturated rings. The molecule has 0 saturated carbocycles. The van der Waals surface area contributed by atoms with Gasteiger partial charge in [0.2, 0.25) is 11.6 Å². The summed E-state index contributed by atoms with van der Waals surface area (Å²) in [4.78, 5) is 39.8. The zero-order valence-corrected chi connectivity index (χ0v) is 60.4. The Kier molecular flexibility index (Phi) is 18.8. The number of fused-ring (bicyclic) bond motifs is 8. The van der Waals surface area contributed by atoms with Crippen molar-refractivity contribution in [3.05, 3.63) is 484 Å². The number of Topliss-reactive ketones (excluding diaryl/α,β-unsaturated/α-hetero) is 2. The van der Waals surface area contributed by atoms with Crippen LogP contribution in [0.15, 0.2) is 351 Å². The predicted molar refractivity (Wildman–Crippen MR) is 437 cm³/mol. The van der Waals surface area contributed by atoms with Crippen molar-refractivity contribution in [2.45, 2.75) is 49.4 Å². The lowest BCUT2D eigenvalue weighted by Gasteiger charge is -2.33. The first-order valence-electron chi connectivity index (χ1n) is 37.3. The quantitative estimate of drug-likeness (QED) is 0.0295. The van der Waals surface area contributed by atoms with Crippen molar-refractivity contribution in [1.82, 2.24) is 0 Å². The fourth-order valence-electron chi connectivity index (χ4n) is 17.7. The van der Waals surface area contributed by atoms with E-state index in [0.717, 1.165) is 98.1 Å². The Morgan fingerprint density at radius 2 is 0.564 bits per heavy atom. The molecule has 8 aliphatic rings. The van der Waals surface area contributed by atoms with Gasteiger partial charge in [-0.05, 0) is 148 Å². The van der Waals surface area contributed by atoms with E-state index in [2.05, 4.69) is 176 Å². The molecule has 0 heterocycles. The second-order valence-electron chi connectivity index (χ2n) is 28.3. The monoisotopic (exact) mass is 1410 g/mol. The highest BCUT2D eigenvalue weighted by Crippen LogP contribution is 2.53. The summed E-state index contributed by atoms with van der Waals surface area (Å²) in [5, 5.41) is 30.2. The van der Waals surface area contributed by atoms with Crippen molar-refractivity contribution in [2.75, 3.05) is 7.11 Å². The Bertz CT molecular complexity index is 6000. The van der Waals surface area contributed by atoms with E-state index in [4.69, 9.17) is 4.74 Å². The van der Waals surface area contributed by atoms with Gasteiger partial charge in [0.1, 0.15) is 29.4 Å². The highest BCUT2D eigenvalue weighted by molar-refractivity contribution is 6.30. The lowest BCUT2D eigenvalue weighted by molar-refractivity contribution is -0.135. The molecule has 0 bridgehead atoms. The van der Waals surface area contributed by atoms with Gasteiger partial charge in [0.25, 0.3) is 0 Å². The van der Waals surface area contributed by atoms with Gasteiger partial charge < -0.3 is 4.74 Å². The van der Waals surface area contributed by atoms with Crippen LogP contribution in [0.25, 0.3) is 33.4 Å². The second kappa shape index (κ2) is 30.0. The summed E-state index contributed by atoms with van der Waals surface area (Å²) in [5.41, 5.74) is 32.1. The number of ketones is 2. The summed E-state index contributed by atoms with van der Waals surface area (Å²) in [6.07, 6.45) is 21.7. The summed E-state index contributed by atoms with van der Waals surface area (Å²) in [7, 11) is 1.32. The van der Waals surface area contributed by atoms with Gasteiger partial charge in [-0.3, -0.25) is 9.59 Å². The average molecular weight is 1410 g/mol. The van der Waals surface area contributed by atoms with E-state index in [9.17, 15) is 30.2 Å². The SMILES string of the molecule is COC(=O)/C(C(=O)c1ccccc1)=C1\c2ccccc2C2C=CCc3cccc1c32.N#C/C(=C1\c2ccccc2C2C=CCc3cccc1c32)c1ccccc1.N#C/C(=C1\c2ccccc2C2C=CCc3cccc1c32)c1ccccc1.N#C/C(C(=O)c1ccccc1)=C1\c2ccccc2C2C=CCc3cccc1c32. The number of benzene rings is 12. The number of rotatable bonds is 7. The van der Waals surface area contributed by atoms with Gasteiger partial charge in [-0.1, -0.05) is 340 Å². The number of carbonyl (C=O) groups is 3. The molecule has 522 valence electrons. The number of hydrogen-bond acceptors (Lipinski definition) is 7. The molecule has 4 atom stereocenters. The number of hydrogen-bond donors (Lipinski definition) is 0. The molecule has 12 aromatic carbocycles. The Hall–Kier alpha value is -14.2. The molecule has 12 aromatic rings. The molecule has 7 nitrogen and oxygen atoms in total. The van der Waals surface area contributed by atoms with Crippen molar-refractivity contribution >= 4 is 51.0 Å². The van der Waals surface area contributed by atoms with Gasteiger partial charge in [0.05, 0.1) is 18.3 Å². The number of methoxy groups -OCH3 is 1. The molecule has 7 heteroatoms. The third-order valence-electron chi connectivity index (χ3n) is 22.4. The smallest absolute Gasteiger partial charge is 0.342 e. The summed E-state index contributed by atoms with van der Waals surface area (Å²) in [6.45, 7) is 0. The molecule has 110 heavy (non-hydrogen) atoms. The fourth-order valence-corrected chi connectivity index (χ4v) is 17.7. The summed E-state index contributed by atoms with van der Waals surface area (Å²) < 4.78 is 5.10. The molecular weight excluding hydrogens is 1340 g/mol. The normalized spacial score (nSPS) is 18.1. The highest BCUT2D eigenvalue weighted by atomic mass is 16.5.